The first-order valence-electron chi connectivity index (χ1n) is 5.92. The van der Waals surface area contributed by atoms with Gasteiger partial charge < -0.3 is 4.74 Å². The Morgan fingerprint density at radius 2 is 2.53 bits per heavy atom. The fourth-order valence-electron chi connectivity index (χ4n) is 2.26. The zero-order valence-electron chi connectivity index (χ0n) is 10.1. The topological polar surface area (TPSA) is 49.1 Å². The lowest BCUT2D eigenvalue weighted by molar-refractivity contribution is 0.0285. The number of piperidine rings is 1. The summed E-state index contributed by atoms with van der Waals surface area (Å²) >= 11 is 0. The highest BCUT2D eigenvalue weighted by molar-refractivity contribution is 5.30. The molecule has 0 N–H and O–H groups in total. The second kappa shape index (κ2) is 5.76. The summed E-state index contributed by atoms with van der Waals surface area (Å²) in [6.45, 7) is 2.80. The number of nitriles is 1. The van der Waals surface area contributed by atoms with Crippen molar-refractivity contribution in [2.75, 3.05) is 20.2 Å². The molecule has 17 heavy (non-hydrogen) atoms. The number of pyridine rings is 1. The molecule has 4 heteroatoms. The third kappa shape index (κ3) is 3.02. The van der Waals surface area contributed by atoms with Gasteiger partial charge in [0.2, 0.25) is 0 Å². The second-order valence-corrected chi connectivity index (χ2v) is 4.36. The Morgan fingerprint density at radius 3 is 3.29 bits per heavy atom. The van der Waals surface area contributed by atoms with Crippen molar-refractivity contribution in [1.82, 2.24) is 9.88 Å². The Balaban J connectivity index is 2.03. The second-order valence-electron chi connectivity index (χ2n) is 4.36. The van der Waals surface area contributed by atoms with Crippen molar-refractivity contribution < 1.29 is 4.74 Å². The van der Waals surface area contributed by atoms with Crippen LogP contribution in [-0.4, -0.2) is 36.2 Å². The van der Waals surface area contributed by atoms with Crippen molar-refractivity contribution in [3.05, 3.63) is 29.6 Å². The van der Waals surface area contributed by atoms with Crippen LogP contribution in [0.4, 0.5) is 0 Å². The van der Waals surface area contributed by atoms with E-state index in [4.69, 9.17) is 10.00 Å². The maximum Gasteiger partial charge on any atom is 0.144 e. The number of aromatic nitrogens is 1. The van der Waals surface area contributed by atoms with Crippen molar-refractivity contribution in [2.24, 2.45) is 0 Å². The summed E-state index contributed by atoms with van der Waals surface area (Å²) in [7, 11) is 1.76. The maximum absolute atomic E-state index is 8.99. The molecule has 1 atom stereocenters. The molecule has 1 aliphatic heterocycles. The molecule has 1 aromatic rings. The Bertz CT molecular complexity index is 413. The third-order valence-corrected chi connectivity index (χ3v) is 3.19. The van der Waals surface area contributed by atoms with E-state index in [1.807, 2.05) is 12.1 Å². The molecule has 4 nitrogen and oxygen atoms in total. The number of hydrogen-bond donors (Lipinski definition) is 0. The fourth-order valence-corrected chi connectivity index (χ4v) is 2.26. The van der Waals surface area contributed by atoms with Gasteiger partial charge in [-0.05, 0) is 25.5 Å². The quantitative estimate of drug-likeness (QED) is 0.792. The van der Waals surface area contributed by atoms with E-state index < -0.39 is 0 Å². The van der Waals surface area contributed by atoms with E-state index in [0.717, 1.165) is 38.0 Å². The summed E-state index contributed by atoms with van der Waals surface area (Å²) in [5.74, 6) is 0. The van der Waals surface area contributed by atoms with Crippen LogP contribution in [0.1, 0.15) is 24.1 Å². The first-order valence-corrected chi connectivity index (χ1v) is 5.92. The monoisotopic (exact) mass is 231 g/mol. The highest BCUT2D eigenvalue weighted by atomic mass is 16.5. The van der Waals surface area contributed by atoms with E-state index in [9.17, 15) is 0 Å². The number of nitrogens with zero attached hydrogens (tertiary/aromatic N) is 3. The molecule has 1 unspecified atom stereocenters. The number of methoxy groups -OCH3 is 1. The molecule has 0 radical (unpaired) electrons. The van der Waals surface area contributed by atoms with Gasteiger partial charge in [-0.25, -0.2) is 4.98 Å². The van der Waals surface area contributed by atoms with Crippen LogP contribution in [0.5, 0.6) is 0 Å². The van der Waals surface area contributed by atoms with Crippen LogP contribution in [-0.2, 0) is 11.3 Å². The van der Waals surface area contributed by atoms with Gasteiger partial charge in [0.15, 0.2) is 0 Å². The molecule has 0 saturated carbocycles. The van der Waals surface area contributed by atoms with Gasteiger partial charge >= 0.3 is 0 Å². The molecule has 0 aromatic carbocycles. The molecular formula is C13H17N3O. The molecular weight excluding hydrogens is 214 g/mol. The first-order chi connectivity index (χ1) is 8.33. The summed E-state index contributed by atoms with van der Waals surface area (Å²) in [5, 5.41) is 8.99. The minimum Gasteiger partial charge on any atom is -0.380 e. The molecule has 1 aliphatic rings. The van der Waals surface area contributed by atoms with Gasteiger partial charge in [-0.2, -0.15) is 5.26 Å². The van der Waals surface area contributed by atoms with Gasteiger partial charge in [-0.1, -0.05) is 6.07 Å². The van der Waals surface area contributed by atoms with Crippen LogP contribution in [0.3, 0.4) is 0 Å². The number of rotatable bonds is 3. The van der Waals surface area contributed by atoms with Crippen LogP contribution >= 0.6 is 0 Å². The third-order valence-electron chi connectivity index (χ3n) is 3.19. The largest absolute Gasteiger partial charge is 0.380 e. The summed E-state index contributed by atoms with van der Waals surface area (Å²) in [4.78, 5) is 6.41. The molecule has 1 saturated heterocycles. The zero-order valence-corrected chi connectivity index (χ0v) is 10.1. The lowest BCUT2D eigenvalue weighted by Gasteiger charge is -2.31. The van der Waals surface area contributed by atoms with Crippen molar-refractivity contribution in [3.8, 4) is 6.07 Å². The van der Waals surface area contributed by atoms with Crippen LogP contribution in [0.2, 0.25) is 0 Å². The molecule has 0 spiro atoms. The molecule has 1 fully saturated rings. The van der Waals surface area contributed by atoms with E-state index >= 15 is 0 Å². The van der Waals surface area contributed by atoms with Crippen molar-refractivity contribution in [3.63, 3.8) is 0 Å². The Morgan fingerprint density at radius 1 is 1.65 bits per heavy atom. The van der Waals surface area contributed by atoms with Gasteiger partial charge in [0.05, 0.1) is 6.10 Å². The lowest BCUT2D eigenvalue weighted by Crippen LogP contribution is -2.38. The highest BCUT2D eigenvalue weighted by Gasteiger charge is 2.20. The standard InChI is InChI=1S/C13H17N3O/c1-17-12-5-3-7-16(10-12)9-11-4-2-6-15-13(11)8-14/h2,4,6,12H,3,5,7,9-10H2,1H3. The van der Waals surface area contributed by atoms with E-state index in [2.05, 4.69) is 16.0 Å². The molecule has 0 amide bonds. The smallest absolute Gasteiger partial charge is 0.144 e. The van der Waals surface area contributed by atoms with Gasteiger partial charge in [-0.15, -0.1) is 0 Å². The fraction of sp³-hybridized carbons (Fsp3) is 0.538. The summed E-state index contributed by atoms with van der Waals surface area (Å²) in [5.41, 5.74) is 1.54. The predicted octanol–water partition coefficient (Wildman–Crippen LogP) is 1.56. The van der Waals surface area contributed by atoms with Crippen LogP contribution in [0, 0.1) is 11.3 Å². The molecule has 1 aromatic heterocycles. The Hall–Kier alpha value is -1.44. The molecule has 90 valence electrons. The zero-order chi connectivity index (χ0) is 12.1. The Labute approximate surface area is 102 Å². The number of hydrogen-bond acceptors (Lipinski definition) is 4. The Kier molecular flexibility index (Phi) is 4.08. The molecule has 0 bridgehead atoms. The molecule has 2 rings (SSSR count). The van der Waals surface area contributed by atoms with Gasteiger partial charge in [0, 0.05) is 32.0 Å². The van der Waals surface area contributed by atoms with E-state index in [-0.39, 0.29) is 0 Å². The van der Waals surface area contributed by atoms with E-state index in [1.54, 1.807) is 13.3 Å². The minimum absolute atomic E-state index is 0.325. The normalized spacial score (nSPS) is 21.1. The van der Waals surface area contributed by atoms with Crippen molar-refractivity contribution in [1.29, 1.82) is 5.26 Å². The predicted molar refractivity (Wildman–Crippen MR) is 64.3 cm³/mol. The molecule has 0 aliphatic carbocycles. The van der Waals surface area contributed by atoms with Crippen LogP contribution < -0.4 is 0 Å². The molecule has 2 heterocycles. The van der Waals surface area contributed by atoms with Gasteiger partial charge in [-0.3, -0.25) is 4.90 Å². The average molecular weight is 231 g/mol. The lowest BCUT2D eigenvalue weighted by atomic mass is 10.1. The summed E-state index contributed by atoms with van der Waals surface area (Å²) in [6, 6.07) is 6.00. The minimum atomic E-state index is 0.325. The first kappa shape index (κ1) is 12.0. The van der Waals surface area contributed by atoms with Crippen LogP contribution in [0.15, 0.2) is 18.3 Å². The summed E-state index contributed by atoms with van der Waals surface area (Å²) < 4.78 is 5.39. The van der Waals surface area contributed by atoms with E-state index in [1.165, 1.54) is 0 Å². The summed E-state index contributed by atoms with van der Waals surface area (Å²) in [6.07, 6.45) is 4.27. The van der Waals surface area contributed by atoms with E-state index in [0.29, 0.717) is 11.8 Å². The van der Waals surface area contributed by atoms with Crippen molar-refractivity contribution >= 4 is 0 Å². The average Bonchev–Trinajstić information content (AvgIpc) is 2.39. The SMILES string of the molecule is COC1CCCN(Cc2cccnc2C#N)C1. The van der Waals surface area contributed by atoms with Crippen molar-refractivity contribution in [2.45, 2.75) is 25.5 Å². The highest BCUT2D eigenvalue weighted by Crippen LogP contribution is 2.16. The number of ether oxygens (including phenoxy) is 1. The van der Waals surface area contributed by atoms with Gasteiger partial charge in [0.1, 0.15) is 11.8 Å². The van der Waals surface area contributed by atoms with Gasteiger partial charge in [0.25, 0.3) is 0 Å². The number of likely N-dealkylation sites (tertiary alicyclic amines) is 1. The van der Waals surface area contributed by atoms with Crippen LogP contribution in [0.25, 0.3) is 0 Å². The maximum atomic E-state index is 8.99.